The summed E-state index contributed by atoms with van der Waals surface area (Å²) >= 11 is 0. The van der Waals surface area contributed by atoms with E-state index >= 15 is 0 Å². The number of piperazine rings is 1. The maximum atomic E-state index is 13.0. The molecular weight excluding hydrogens is 376 g/mol. The molecule has 1 heterocycles. The zero-order valence-electron chi connectivity index (χ0n) is 15.8. The second-order valence-corrected chi connectivity index (χ2v) is 8.69. The van der Waals surface area contributed by atoms with Crippen LogP contribution in [0, 0.1) is 6.92 Å². The molecule has 7 heteroatoms. The van der Waals surface area contributed by atoms with E-state index in [0.717, 1.165) is 5.69 Å². The number of hydrogen-bond donors (Lipinski definition) is 1. The van der Waals surface area contributed by atoms with Gasteiger partial charge in [0.25, 0.3) is 0 Å². The number of benzene rings is 2. The highest BCUT2D eigenvalue weighted by Crippen LogP contribution is 2.22. The maximum absolute atomic E-state index is 13.0. The molecule has 148 valence electrons. The van der Waals surface area contributed by atoms with Crippen LogP contribution in [0.4, 0.5) is 5.69 Å². The maximum Gasteiger partial charge on any atom is 0.243 e. The van der Waals surface area contributed by atoms with Crippen LogP contribution in [0.3, 0.4) is 0 Å². The van der Waals surface area contributed by atoms with Gasteiger partial charge in [-0.15, -0.1) is 0 Å². The van der Waals surface area contributed by atoms with Gasteiger partial charge in [-0.05, 0) is 42.8 Å². The first kappa shape index (κ1) is 20.3. The first-order valence-corrected chi connectivity index (χ1v) is 10.6. The van der Waals surface area contributed by atoms with Gasteiger partial charge in [0.2, 0.25) is 10.0 Å². The average molecular weight is 401 g/mol. The molecule has 0 spiro atoms. The standard InChI is InChI=1S/C21H24N2O4S/c1-17-5-8-19(9-6-17)22-11-13-23(14-12-22)28(26,27)21-4-2-3-18(15-21)7-10-20(25)16-24/h2-10,15,24H,11-14,16H2,1H3/b10-7+. The molecule has 1 N–H and O–H groups in total. The van der Waals surface area contributed by atoms with Crippen molar-refractivity contribution in [2.24, 2.45) is 0 Å². The lowest BCUT2D eigenvalue weighted by Crippen LogP contribution is -2.48. The minimum absolute atomic E-state index is 0.204. The fraction of sp³-hybridized carbons (Fsp3) is 0.286. The van der Waals surface area contributed by atoms with E-state index in [4.69, 9.17) is 5.11 Å². The Morgan fingerprint density at radius 3 is 2.39 bits per heavy atom. The molecule has 1 aliphatic rings. The largest absolute Gasteiger partial charge is 0.388 e. The summed E-state index contributed by atoms with van der Waals surface area (Å²) in [4.78, 5) is 13.6. The fourth-order valence-electron chi connectivity index (χ4n) is 3.11. The molecule has 0 amide bonds. The minimum atomic E-state index is -3.60. The lowest BCUT2D eigenvalue weighted by molar-refractivity contribution is -0.117. The number of anilines is 1. The Balaban J connectivity index is 1.71. The third kappa shape index (κ3) is 4.67. The van der Waals surface area contributed by atoms with Crippen LogP contribution in [-0.4, -0.2) is 56.4 Å². The van der Waals surface area contributed by atoms with Crippen molar-refractivity contribution in [2.45, 2.75) is 11.8 Å². The van der Waals surface area contributed by atoms with E-state index in [1.165, 1.54) is 22.0 Å². The third-order valence-corrected chi connectivity index (χ3v) is 6.65. The van der Waals surface area contributed by atoms with Gasteiger partial charge in [-0.3, -0.25) is 4.79 Å². The molecular formula is C21H24N2O4S. The minimum Gasteiger partial charge on any atom is -0.388 e. The zero-order valence-corrected chi connectivity index (χ0v) is 16.6. The van der Waals surface area contributed by atoms with E-state index in [-0.39, 0.29) is 4.90 Å². The molecule has 1 saturated heterocycles. The van der Waals surface area contributed by atoms with Gasteiger partial charge in [0.1, 0.15) is 6.61 Å². The molecule has 2 aromatic carbocycles. The number of sulfonamides is 1. The van der Waals surface area contributed by atoms with Crippen LogP contribution in [0.2, 0.25) is 0 Å². The average Bonchev–Trinajstić information content (AvgIpc) is 2.73. The van der Waals surface area contributed by atoms with E-state index in [2.05, 4.69) is 29.2 Å². The summed E-state index contributed by atoms with van der Waals surface area (Å²) in [6.45, 7) is 3.56. The Labute approximate surface area is 165 Å². The number of ketones is 1. The summed E-state index contributed by atoms with van der Waals surface area (Å²) in [5.41, 5.74) is 2.89. The van der Waals surface area contributed by atoms with Gasteiger partial charge in [0.15, 0.2) is 5.78 Å². The Hall–Kier alpha value is -2.48. The first-order chi connectivity index (χ1) is 13.4. The molecule has 2 aromatic rings. The SMILES string of the molecule is Cc1ccc(N2CCN(S(=O)(=O)c3cccc(/C=C/C(=O)CO)c3)CC2)cc1. The van der Waals surface area contributed by atoms with E-state index < -0.39 is 22.4 Å². The third-order valence-electron chi connectivity index (χ3n) is 4.75. The van der Waals surface area contributed by atoms with Crippen LogP contribution < -0.4 is 4.90 Å². The van der Waals surface area contributed by atoms with Gasteiger partial charge in [0, 0.05) is 31.9 Å². The van der Waals surface area contributed by atoms with Crippen molar-refractivity contribution in [3.05, 3.63) is 65.7 Å². The van der Waals surface area contributed by atoms with E-state index in [9.17, 15) is 13.2 Å². The second kappa shape index (κ2) is 8.68. The lowest BCUT2D eigenvalue weighted by atomic mass is 10.2. The number of aryl methyl sites for hydroxylation is 1. The summed E-state index contributed by atoms with van der Waals surface area (Å²) in [5, 5.41) is 8.78. The van der Waals surface area contributed by atoms with Gasteiger partial charge in [0.05, 0.1) is 4.90 Å². The van der Waals surface area contributed by atoms with Crippen molar-refractivity contribution in [3.63, 3.8) is 0 Å². The van der Waals surface area contributed by atoms with E-state index in [1.807, 2.05) is 6.92 Å². The molecule has 0 aliphatic carbocycles. The number of rotatable bonds is 6. The van der Waals surface area contributed by atoms with E-state index in [1.54, 1.807) is 24.3 Å². The molecule has 0 aromatic heterocycles. The highest BCUT2D eigenvalue weighted by Gasteiger charge is 2.28. The van der Waals surface area contributed by atoms with Crippen molar-refractivity contribution in [3.8, 4) is 0 Å². The molecule has 28 heavy (non-hydrogen) atoms. The Bertz CT molecular complexity index is 960. The molecule has 1 aliphatic heterocycles. The number of carbonyl (C=O) groups is 1. The van der Waals surface area contributed by atoms with Crippen LogP contribution in [0.25, 0.3) is 6.08 Å². The summed E-state index contributed by atoms with van der Waals surface area (Å²) in [6.07, 6.45) is 2.75. The summed E-state index contributed by atoms with van der Waals surface area (Å²) < 4.78 is 27.5. The summed E-state index contributed by atoms with van der Waals surface area (Å²) in [7, 11) is -3.60. The Kier molecular flexibility index (Phi) is 6.28. The summed E-state index contributed by atoms with van der Waals surface area (Å²) in [5.74, 6) is -0.430. The monoisotopic (exact) mass is 400 g/mol. The van der Waals surface area contributed by atoms with Crippen LogP contribution in [0.1, 0.15) is 11.1 Å². The van der Waals surface area contributed by atoms with Crippen molar-refractivity contribution in [1.29, 1.82) is 0 Å². The van der Waals surface area contributed by atoms with Crippen molar-refractivity contribution < 1.29 is 18.3 Å². The second-order valence-electron chi connectivity index (χ2n) is 6.76. The van der Waals surface area contributed by atoms with E-state index in [0.29, 0.717) is 31.7 Å². The molecule has 0 atom stereocenters. The highest BCUT2D eigenvalue weighted by atomic mass is 32.2. The van der Waals surface area contributed by atoms with Gasteiger partial charge in [-0.1, -0.05) is 35.9 Å². The first-order valence-electron chi connectivity index (χ1n) is 9.14. The predicted molar refractivity (Wildman–Crippen MR) is 110 cm³/mol. The number of aliphatic hydroxyl groups is 1. The highest BCUT2D eigenvalue weighted by molar-refractivity contribution is 7.89. The zero-order chi connectivity index (χ0) is 20.1. The fourth-order valence-corrected chi connectivity index (χ4v) is 4.59. The molecule has 6 nitrogen and oxygen atoms in total. The Morgan fingerprint density at radius 2 is 1.75 bits per heavy atom. The van der Waals surface area contributed by atoms with Gasteiger partial charge in [-0.2, -0.15) is 4.31 Å². The van der Waals surface area contributed by atoms with Crippen molar-refractivity contribution >= 4 is 27.6 Å². The quantitative estimate of drug-likeness (QED) is 0.751. The molecule has 1 fully saturated rings. The molecule has 0 radical (unpaired) electrons. The van der Waals surface area contributed by atoms with Crippen molar-refractivity contribution in [2.75, 3.05) is 37.7 Å². The number of carbonyl (C=O) groups excluding carboxylic acids is 1. The lowest BCUT2D eigenvalue weighted by Gasteiger charge is -2.35. The Morgan fingerprint density at radius 1 is 1.07 bits per heavy atom. The van der Waals surface area contributed by atoms with Gasteiger partial charge in [-0.25, -0.2) is 8.42 Å². The van der Waals surface area contributed by atoms with Gasteiger partial charge >= 0.3 is 0 Å². The summed E-state index contributed by atoms with van der Waals surface area (Å²) in [6, 6.07) is 14.7. The van der Waals surface area contributed by atoms with Crippen LogP contribution in [0.5, 0.6) is 0 Å². The molecule has 0 bridgehead atoms. The van der Waals surface area contributed by atoms with Crippen molar-refractivity contribution in [1.82, 2.24) is 4.31 Å². The van der Waals surface area contributed by atoms with Crippen LogP contribution >= 0.6 is 0 Å². The normalized spacial score (nSPS) is 15.9. The molecule has 3 rings (SSSR count). The predicted octanol–water partition coefficient (Wildman–Crippen LogP) is 2.08. The number of aliphatic hydroxyl groups excluding tert-OH is 1. The molecule has 0 saturated carbocycles. The van der Waals surface area contributed by atoms with Crippen LogP contribution in [0.15, 0.2) is 59.5 Å². The van der Waals surface area contributed by atoms with Crippen LogP contribution in [-0.2, 0) is 14.8 Å². The topological polar surface area (TPSA) is 77.9 Å². The van der Waals surface area contributed by atoms with Gasteiger partial charge < -0.3 is 10.0 Å². The smallest absolute Gasteiger partial charge is 0.243 e. The number of nitrogens with zero attached hydrogens (tertiary/aromatic N) is 2. The number of hydrogen-bond acceptors (Lipinski definition) is 5. The molecule has 0 unspecified atom stereocenters.